The van der Waals surface area contributed by atoms with Crippen molar-refractivity contribution in [2.75, 3.05) is 0 Å². The highest BCUT2D eigenvalue weighted by Gasteiger charge is 2.28. The highest BCUT2D eigenvalue weighted by Crippen LogP contribution is 2.42. The number of fused-ring (bicyclic) bond motifs is 1. The first kappa shape index (κ1) is 21.7. The van der Waals surface area contributed by atoms with E-state index in [4.69, 9.17) is 14.2 Å². The number of aromatic amines is 1. The fraction of sp³-hybridized carbons (Fsp3) is 0.444. The standard InChI is InChI=1S/C27H32N4O2/c1-6-7-11-27(4,5)32-23-15-19(10-12-28-23)21-13-20(24-16(2)31-33-17(24)3)14-22-25(21)30-26(29-22)18-8-9-18/h10,12-15,18H,6-9,11H2,1-5H3,(H,29,30). The molecule has 1 saturated carbocycles. The minimum absolute atomic E-state index is 0.263. The summed E-state index contributed by atoms with van der Waals surface area (Å²) in [5.41, 5.74) is 6.84. The Bertz CT molecular complexity index is 1280. The van der Waals surface area contributed by atoms with E-state index >= 15 is 0 Å². The Hall–Kier alpha value is -3.15. The van der Waals surface area contributed by atoms with E-state index in [9.17, 15) is 0 Å². The number of imidazole rings is 1. The van der Waals surface area contributed by atoms with E-state index < -0.39 is 0 Å². The van der Waals surface area contributed by atoms with Crippen LogP contribution in [0.4, 0.5) is 0 Å². The van der Waals surface area contributed by atoms with Gasteiger partial charge in [-0.2, -0.15) is 0 Å². The molecule has 4 aromatic rings. The molecule has 3 heterocycles. The zero-order valence-corrected chi connectivity index (χ0v) is 20.2. The maximum Gasteiger partial charge on any atom is 0.214 e. The minimum atomic E-state index is -0.263. The molecule has 0 unspecified atom stereocenters. The van der Waals surface area contributed by atoms with Crippen LogP contribution in [-0.2, 0) is 0 Å². The van der Waals surface area contributed by atoms with Crippen LogP contribution in [0.2, 0.25) is 0 Å². The molecule has 33 heavy (non-hydrogen) atoms. The van der Waals surface area contributed by atoms with Crippen molar-refractivity contribution in [3.05, 3.63) is 47.7 Å². The molecular weight excluding hydrogens is 412 g/mol. The minimum Gasteiger partial charge on any atom is -0.472 e. The Morgan fingerprint density at radius 3 is 2.67 bits per heavy atom. The fourth-order valence-electron chi connectivity index (χ4n) is 4.52. The average Bonchev–Trinajstić information content (AvgIpc) is 3.46. The molecular formula is C27H32N4O2. The van der Waals surface area contributed by atoms with E-state index in [0.29, 0.717) is 11.8 Å². The molecule has 0 radical (unpaired) electrons. The van der Waals surface area contributed by atoms with Crippen LogP contribution in [0.15, 0.2) is 35.0 Å². The molecule has 0 amide bonds. The quantitative estimate of drug-likeness (QED) is 0.313. The molecule has 1 aliphatic carbocycles. The zero-order valence-electron chi connectivity index (χ0n) is 20.2. The summed E-state index contributed by atoms with van der Waals surface area (Å²) in [6.07, 6.45) is 7.49. The lowest BCUT2D eigenvalue weighted by Gasteiger charge is -2.25. The maximum atomic E-state index is 6.31. The Morgan fingerprint density at radius 1 is 1.15 bits per heavy atom. The lowest BCUT2D eigenvalue weighted by Crippen LogP contribution is -2.28. The van der Waals surface area contributed by atoms with E-state index in [0.717, 1.165) is 69.8 Å². The highest BCUT2D eigenvalue weighted by atomic mass is 16.5. The normalized spacial score (nSPS) is 14.2. The lowest BCUT2D eigenvalue weighted by molar-refractivity contribution is 0.0910. The lowest BCUT2D eigenvalue weighted by atomic mass is 9.97. The topological polar surface area (TPSA) is 76.8 Å². The third-order valence-corrected chi connectivity index (χ3v) is 6.45. The van der Waals surface area contributed by atoms with E-state index in [-0.39, 0.29) is 5.60 Å². The number of ether oxygens (including phenoxy) is 1. The van der Waals surface area contributed by atoms with Crippen molar-refractivity contribution < 1.29 is 9.26 Å². The number of aryl methyl sites for hydroxylation is 2. The Labute approximate surface area is 194 Å². The second-order valence-corrected chi connectivity index (χ2v) is 9.86. The molecule has 5 rings (SSSR count). The highest BCUT2D eigenvalue weighted by molar-refractivity contribution is 5.96. The number of hydrogen-bond donors (Lipinski definition) is 1. The summed E-state index contributed by atoms with van der Waals surface area (Å²) in [7, 11) is 0. The van der Waals surface area contributed by atoms with Gasteiger partial charge in [0.25, 0.3) is 0 Å². The second kappa shape index (κ2) is 8.32. The number of rotatable bonds is 8. The molecule has 1 fully saturated rings. The maximum absolute atomic E-state index is 6.31. The molecule has 0 spiro atoms. The van der Waals surface area contributed by atoms with Gasteiger partial charge in [-0.3, -0.25) is 0 Å². The summed E-state index contributed by atoms with van der Waals surface area (Å²) in [5, 5.41) is 4.17. The molecule has 0 aliphatic heterocycles. The van der Waals surface area contributed by atoms with Crippen LogP contribution in [-0.4, -0.2) is 25.7 Å². The van der Waals surface area contributed by atoms with Gasteiger partial charge >= 0.3 is 0 Å². The fourth-order valence-corrected chi connectivity index (χ4v) is 4.52. The number of H-pyrrole nitrogens is 1. The van der Waals surface area contributed by atoms with Crippen LogP contribution in [0, 0.1) is 13.8 Å². The summed E-state index contributed by atoms with van der Waals surface area (Å²) in [5.74, 6) is 3.08. The van der Waals surface area contributed by atoms with E-state index in [2.05, 4.69) is 48.0 Å². The zero-order chi connectivity index (χ0) is 23.2. The molecule has 0 saturated heterocycles. The number of aromatic nitrogens is 4. The van der Waals surface area contributed by atoms with Crippen LogP contribution in [0.25, 0.3) is 33.3 Å². The number of pyridine rings is 1. The average molecular weight is 445 g/mol. The van der Waals surface area contributed by atoms with Crippen molar-refractivity contribution >= 4 is 11.0 Å². The Morgan fingerprint density at radius 2 is 1.97 bits per heavy atom. The monoisotopic (exact) mass is 444 g/mol. The van der Waals surface area contributed by atoms with E-state index in [1.165, 1.54) is 12.8 Å². The third-order valence-electron chi connectivity index (χ3n) is 6.45. The summed E-state index contributed by atoms with van der Waals surface area (Å²) in [6, 6.07) is 8.42. The molecule has 6 heteroatoms. The first-order valence-corrected chi connectivity index (χ1v) is 12.0. The van der Waals surface area contributed by atoms with Crippen LogP contribution in [0.5, 0.6) is 5.88 Å². The van der Waals surface area contributed by atoms with Gasteiger partial charge in [0, 0.05) is 29.3 Å². The van der Waals surface area contributed by atoms with Gasteiger partial charge in [-0.25, -0.2) is 9.97 Å². The van der Waals surface area contributed by atoms with Crippen LogP contribution in [0.3, 0.4) is 0 Å². The molecule has 3 aromatic heterocycles. The number of unbranched alkanes of at least 4 members (excludes halogenated alkanes) is 1. The van der Waals surface area contributed by atoms with E-state index in [1.807, 2.05) is 32.2 Å². The first-order chi connectivity index (χ1) is 15.8. The smallest absolute Gasteiger partial charge is 0.214 e. The SMILES string of the molecule is CCCCC(C)(C)Oc1cc(-c2cc(-c3c(C)noc3C)cc3[nH]c(C4CC4)nc23)ccn1. The number of nitrogens with one attached hydrogen (secondary N) is 1. The largest absolute Gasteiger partial charge is 0.472 e. The molecule has 1 N–H and O–H groups in total. The summed E-state index contributed by atoms with van der Waals surface area (Å²) in [4.78, 5) is 13.1. The van der Waals surface area contributed by atoms with Gasteiger partial charge in [0.1, 0.15) is 17.2 Å². The van der Waals surface area contributed by atoms with Crippen molar-refractivity contribution in [1.29, 1.82) is 0 Å². The number of benzene rings is 1. The van der Waals surface area contributed by atoms with Gasteiger partial charge in [-0.1, -0.05) is 18.5 Å². The molecule has 1 aromatic carbocycles. The van der Waals surface area contributed by atoms with Crippen molar-refractivity contribution in [2.24, 2.45) is 0 Å². The van der Waals surface area contributed by atoms with Gasteiger partial charge in [-0.05, 0) is 82.7 Å². The van der Waals surface area contributed by atoms with Crippen molar-refractivity contribution in [2.45, 2.75) is 78.2 Å². The molecule has 172 valence electrons. The predicted octanol–water partition coefficient (Wildman–Crippen LogP) is 7.12. The van der Waals surface area contributed by atoms with Crippen LogP contribution >= 0.6 is 0 Å². The summed E-state index contributed by atoms with van der Waals surface area (Å²) >= 11 is 0. The van der Waals surface area contributed by atoms with Crippen molar-refractivity contribution in [3.8, 4) is 28.1 Å². The Balaban J connectivity index is 1.61. The van der Waals surface area contributed by atoms with Gasteiger partial charge in [0.2, 0.25) is 5.88 Å². The molecule has 1 aliphatic rings. The number of nitrogens with zero attached hydrogens (tertiary/aromatic N) is 3. The molecule has 0 bridgehead atoms. The summed E-state index contributed by atoms with van der Waals surface area (Å²) in [6.45, 7) is 10.4. The van der Waals surface area contributed by atoms with Gasteiger partial charge in [0.05, 0.1) is 16.7 Å². The van der Waals surface area contributed by atoms with Crippen LogP contribution < -0.4 is 4.74 Å². The van der Waals surface area contributed by atoms with Crippen molar-refractivity contribution in [3.63, 3.8) is 0 Å². The summed E-state index contributed by atoms with van der Waals surface area (Å²) < 4.78 is 11.8. The van der Waals surface area contributed by atoms with Gasteiger partial charge in [-0.15, -0.1) is 0 Å². The Kier molecular flexibility index (Phi) is 5.47. The second-order valence-electron chi connectivity index (χ2n) is 9.86. The molecule has 0 atom stereocenters. The first-order valence-electron chi connectivity index (χ1n) is 12.0. The van der Waals surface area contributed by atoms with Gasteiger partial charge in [0.15, 0.2) is 0 Å². The molecule has 6 nitrogen and oxygen atoms in total. The van der Waals surface area contributed by atoms with Crippen molar-refractivity contribution in [1.82, 2.24) is 20.1 Å². The van der Waals surface area contributed by atoms with E-state index in [1.54, 1.807) is 0 Å². The number of hydrogen-bond acceptors (Lipinski definition) is 5. The predicted molar refractivity (Wildman–Crippen MR) is 131 cm³/mol. The third kappa shape index (κ3) is 4.39. The van der Waals surface area contributed by atoms with Crippen LogP contribution in [0.1, 0.15) is 76.1 Å². The van der Waals surface area contributed by atoms with Gasteiger partial charge < -0.3 is 14.2 Å².